The summed E-state index contributed by atoms with van der Waals surface area (Å²) in [6.07, 6.45) is 2.82. The van der Waals surface area contributed by atoms with Gasteiger partial charge in [-0.3, -0.25) is 14.4 Å². The van der Waals surface area contributed by atoms with Gasteiger partial charge >= 0.3 is 5.97 Å². The topological polar surface area (TPSA) is 108 Å². The van der Waals surface area contributed by atoms with E-state index in [1.165, 1.54) is 23.1 Å². The number of fused-ring (bicyclic) bond motifs is 1. The van der Waals surface area contributed by atoms with Gasteiger partial charge in [-0.15, -0.1) is 11.3 Å². The molecular weight excluding hydrogens is 494 g/mol. The van der Waals surface area contributed by atoms with Crippen LogP contribution in [0.25, 0.3) is 10.2 Å². The number of nitrogens with zero attached hydrogens (tertiary/aromatic N) is 1. The highest BCUT2D eigenvalue weighted by Crippen LogP contribution is 2.34. The van der Waals surface area contributed by atoms with Crippen LogP contribution >= 0.6 is 34.7 Å². The molecule has 1 aromatic heterocycles. The molecule has 1 saturated carbocycles. The summed E-state index contributed by atoms with van der Waals surface area (Å²) in [5.41, 5.74) is 2.89. The Morgan fingerprint density at radius 2 is 1.91 bits per heavy atom. The van der Waals surface area contributed by atoms with Crippen LogP contribution in [0.1, 0.15) is 31.2 Å². The van der Waals surface area contributed by atoms with Gasteiger partial charge in [-0.2, -0.15) is 0 Å². The van der Waals surface area contributed by atoms with Gasteiger partial charge in [0.15, 0.2) is 4.34 Å². The van der Waals surface area contributed by atoms with Gasteiger partial charge in [0.1, 0.15) is 0 Å². The van der Waals surface area contributed by atoms with E-state index in [4.69, 9.17) is 11.6 Å². The molecule has 178 valence electrons. The van der Waals surface area contributed by atoms with E-state index in [-0.39, 0.29) is 17.6 Å². The maximum atomic E-state index is 12.8. The SMILES string of the molecule is Cc1c(Cl)cccc1NC(=O)CSc1nc2ccc(NC(=O)[C@@H]3CCCC[C@@H]3C(=O)O)cc2s1. The number of aliphatic carboxylic acids is 1. The summed E-state index contributed by atoms with van der Waals surface area (Å²) in [6.45, 7) is 1.85. The largest absolute Gasteiger partial charge is 0.481 e. The van der Waals surface area contributed by atoms with E-state index in [1.807, 2.05) is 25.1 Å². The highest BCUT2D eigenvalue weighted by atomic mass is 35.5. The molecular formula is C24H24ClN3O4S2. The van der Waals surface area contributed by atoms with Crippen LogP contribution in [0, 0.1) is 18.8 Å². The first kappa shape index (κ1) is 24.5. The van der Waals surface area contributed by atoms with Gasteiger partial charge in [-0.1, -0.05) is 42.3 Å². The number of nitrogens with one attached hydrogen (secondary N) is 2. The monoisotopic (exact) mass is 517 g/mol. The van der Waals surface area contributed by atoms with E-state index >= 15 is 0 Å². The van der Waals surface area contributed by atoms with E-state index in [0.29, 0.717) is 29.2 Å². The Kier molecular flexibility index (Phi) is 7.75. The Hall–Kier alpha value is -2.62. The van der Waals surface area contributed by atoms with Crippen LogP contribution < -0.4 is 10.6 Å². The lowest BCUT2D eigenvalue weighted by molar-refractivity contribution is -0.147. The third kappa shape index (κ3) is 5.71. The van der Waals surface area contributed by atoms with Gasteiger partial charge in [0.05, 0.1) is 27.8 Å². The third-order valence-corrected chi connectivity index (χ3v) is 8.50. The summed E-state index contributed by atoms with van der Waals surface area (Å²) in [4.78, 5) is 41.2. The fraction of sp³-hybridized carbons (Fsp3) is 0.333. The van der Waals surface area contributed by atoms with Crippen molar-refractivity contribution in [3.8, 4) is 0 Å². The molecule has 10 heteroatoms. The molecule has 4 rings (SSSR count). The number of anilines is 2. The summed E-state index contributed by atoms with van der Waals surface area (Å²) in [5.74, 6) is -2.26. The van der Waals surface area contributed by atoms with Gasteiger partial charge in [0.2, 0.25) is 11.8 Å². The van der Waals surface area contributed by atoms with Crippen LogP contribution in [0.4, 0.5) is 11.4 Å². The maximum Gasteiger partial charge on any atom is 0.307 e. The number of rotatable bonds is 7. The van der Waals surface area contributed by atoms with Crippen molar-refractivity contribution in [2.75, 3.05) is 16.4 Å². The van der Waals surface area contributed by atoms with Crippen molar-refractivity contribution in [2.45, 2.75) is 36.9 Å². The molecule has 1 heterocycles. The van der Waals surface area contributed by atoms with Crippen molar-refractivity contribution in [1.29, 1.82) is 0 Å². The highest BCUT2D eigenvalue weighted by Gasteiger charge is 2.35. The van der Waals surface area contributed by atoms with Crippen LogP contribution in [-0.2, 0) is 14.4 Å². The lowest BCUT2D eigenvalue weighted by Gasteiger charge is -2.27. The first-order chi connectivity index (χ1) is 16.3. The molecule has 7 nitrogen and oxygen atoms in total. The molecule has 2 atom stereocenters. The molecule has 2 aromatic carbocycles. The number of aromatic nitrogens is 1. The molecule has 0 spiro atoms. The zero-order valence-electron chi connectivity index (χ0n) is 18.5. The average Bonchev–Trinajstić information content (AvgIpc) is 3.23. The van der Waals surface area contributed by atoms with Gasteiger partial charge in [-0.05, 0) is 55.7 Å². The van der Waals surface area contributed by atoms with Crippen LogP contribution in [0.5, 0.6) is 0 Å². The second kappa shape index (κ2) is 10.8. The lowest BCUT2D eigenvalue weighted by atomic mass is 9.78. The summed E-state index contributed by atoms with van der Waals surface area (Å²) in [5, 5.41) is 15.8. The fourth-order valence-electron chi connectivity index (χ4n) is 4.07. The first-order valence-electron chi connectivity index (χ1n) is 10.9. The molecule has 0 saturated heterocycles. The Labute approximate surface area is 210 Å². The molecule has 1 aliphatic rings. The van der Waals surface area contributed by atoms with E-state index in [2.05, 4.69) is 15.6 Å². The van der Waals surface area contributed by atoms with Crippen molar-refractivity contribution < 1.29 is 19.5 Å². The molecule has 3 N–H and O–H groups in total. The Bertz CT molecular complexity index is 1250. The van der Waals surface area contributed by atoms with E-state index in [0.717, 1.165) is 33.0 Å². The van der Waals surface area contributed by atoms with E-state index < -0.39 is 17.8 Å². The molecule has 2 amide bonds. The van der Waals surface area contributed by atoms with Gasteiger partial charge < -0.3 is 15.7 Å². The standard InChI is InChI=1S/C24H24ClN3O4S2/c1-13-17(25)7-4-8-18(13)27-21(29)12-33-24-28-19-10-9-14(11-20(19)34-24)26-22(30)15-5-2-3-6-16(15)23(31)32/h4,7-11,15-16H,2-3,5-6,12H2,1H3,(H,26,30)(H,27,29)(H,31,32)/t15-,16+/m1/s1. The predicted molar refractivity (Wildman–Crippen MR) is 137 cm³/mol. The summed E-state index contributed by atoms with van der Waals surface area (Å²) < 4.78 is 1.62. The van der Waals surface area contributed by atoms with Gasteiger partial charge in [0.25, 0.3) is 0 Å². The molecule has 3 aromatic rings. The van der Waals surface area contributed by atoms with Crippen molar-refractivity contribution >= 4 is 74.1 Å². The number of hydrogen-bond donors (Lipinski definition) is 3. The van der Waals surface area contributed by atoms with Crippen molar-refractivity contribution in [3.63, 3.8) is 0 Å². The number of carboxylic acids is 1. The minimum atomic E-state index is -0.908. The van der Waals surface area contributed by atoms with Gasteiger partial charge in [-0.25, -0.2) is 4.98 Å². The smallest absolute Gasteiger partial charge is 0.307 e. The van der Waals surface area contributed by atoms with Gasteiger partial charge in [0, 0.05) is 16.4 Å². The zero-order valence-corrected chi connectivity index (χ0v) is 20.9. The van der Waals surface area contributed by atoms with E-state index in [1.54, 1.807) is 18.2 Å². The van der Waals surface area contributed by atoms with Crippen LogP contribution in [0.2, 0.25) is 5.02 Å². The van der Waals surface area contributed by atoms with Crippen LogP contribution in [0.3, 0.4) is 0 Å². The Morgan fingerprint density at radius 1 is 1.15 bits per heavy atom. The van der Waals surface area contributed by atoms with Crippen molar-refractivity contribution in [2.24, 2.45) is 11.8 Å². The Morgan fingerprint density at radius 3 is 2.68 bits per heavy atom. The van der Waals surface area contributed by atoms with E-state index in [9.17, 15) is 19.5 Å². The van der Waals surface area contributed by atoms with Crippen molar-refractivity contribution in [3.05, 3.63) is 47.0 Å². The summed E-state index contributed by atoms with van der Waals surface area (Å²) >= 11 is 8.89. The minimum absolute atomic E-state index is 0.150. The highest BCUT2D eigenvalue weighted by molar-refractivity contribution is 8.01. The number of thioether (sulfide) groups is 1. The third-order valence-electron chi connectivity index (χ3n) is 5.92. The lowest BCUT2D eigenvalue weighted by Crippen LogP contribution is -2.36. The quantitative estimate of drug-likeness (QED) is 0.341. The number of hydrogen-bond acceptors (Lipinski definition) is 6. The fourth-order valence-corrected chi connectivity index (χ4v) is 6.16. The number of thiazole rings is 1. The first-order valence-corrected chi connectivity index (χ1v) is 13.1. The molecule has 0 bridgehead atoms. The van der Waals surface area contributed by atoms with Crippen molar-refractivity contribution in [1.82, 2.24) is 4.98 Å². The molecule has 34 heavy (non-hydrogen) atoms. The number of halogens is 1. The summed E-state index contributed by atoms with van der Waals surface area (Å²) in [6, 6.07) is 10.8. The molecule has 0 aliphatic heterocycles. The number of benzene rings is 2. The molecule has 0 radical (unpaired) electrons. The molecule has 0 unspecified atom stereocenters. The zero-order chi connectivity index (χ0) is 24.2. The Balaban J connectivity index is 1.38. The second-order valence-corrected chi connectivity index (χ2v) is 10.9. The van der Waals surface area contributed by atoms with Crippen LogP contribution in [0.15, 0.2) is 40.7 Å². The maximum absolute atomic E-state index is 12.8. The molecule has 1 aliphatic carbocycles. The minimum Gasteiger partial charge on any atom is -0.481 e. The summed E-state index contributed by atoms with van der Waals surface area (Å²) in [7, 11) is 0. The number of carbonyl (C=O) groups excluding carboxylic acids is 2. The van der Waals surface area contributed by atoms with Crippen LogP contribution in [-0.4, -0.2) is 33.6 Å². The number of carboxylic acid groups (broad SMARTS) is 1. The second-order valence-electron chi connectivity index (χ2n) is 8.24. The predicted octanol–water partition coefficient (Wildman–Crippen LogP) is 5.82. The normalized spacial score (nSPS) is 17.9. The number of amides is 2. The average molecular weight is 518 g/mol. The number of carbonyl (C=O) groups is 3. The molecule has 1 fully saturated rings.